The SMILES string of the molecule is CC1(CNC(=O)CSc2ccccc2)CCNCC1.Cl. The van der Waals surface area contributed by atoms with Crippen molar-refractivity contribution in [1.29, 1.82) is 0 Å². The van der Waals surface area contributed by atoms with Crippen LogP contribution in [0.25, 0.3) is 0 Å². The Bertz CT molecular complexity index is 408. The van der Waals surface area contributed by atoms with Crippen molar-refractivity contribution in [3.63, 3.8) is 0 Å². The quantitative estimate of drug-likeness (QED) is 0.821. The van der Waals surface area contributed by atoms with Crippen LogP contribution < -0.4 is 10.6 Å². The molecule has 0 unspecified atom stereocenters. The molecule has 1 saturated heterocycles. The van der Waals surface area contributed by atoms with Gasteiger partial charge in [-0.05, 0) is 43.5 Å². The summed E-state index contributed by atoms with van der Waals surface area (Å²) >= 11 is 1.59. The van der Waals surface area contributed by atoms with Crippen molar-refractivity contribution in [3.8, 4) is 0 Å². The Kier molecular flexibility index (Phi) is 7.41. The summed E-state index contributed by atoms with van der Waals surface area (Å²) in [5, 5.41) is 6.43. The van der Waals surface area contributed by atoms with E-state index in [-0.39, 0.29) is 23.7 Å². The van der Waals surface area contributed by atoms with E-state index in [9.17, 15) is 4.79 Å². The first-order valence-electron chi connectivity index (χ1n) is 6.83. The molecular weight excluding hydrogens is 292 g/mol. The summed E-state index contributed by atoms with van der Waals surface area (Å²) in [6.45, 7) is 5.18. The van der Waals surface area contributed by atoms with E-state index in [1.54, 1.807) is 11.8 Å². The number of hydrogen-bond acceptors (Lipinski definition) is 3. The van der Waals surface area contributed by atoms with E-state index in [2.05, 4.69) is 17.6 Å². The predicted molar refractivity (Wildman–Crippen MR) is 87.6 cm³/mol. The second-order valence-corrected chi connectivity index (χ2v) is 6.49. The number of hydrogen-bond donors (Lipinski definition) is 2. The predicted octanol–water partition coefficient (Wildman–Crippen LogP) is 2.71. The molecule has 0 radical (unpaired) electrons. The Labute approximate surface area is 131 Å². The van der Waals surface area contributed by atoms with E-state index in [0.29, 0.717) is 5.75 Å². The van der Waals surface area contributed by atoms with Gasteiger partial charge in [0, 0.05) is 11.4 Å². The van der Waals surface area contributed by atoms with Crippen LogP contribution in [0.1, 0.15) is 19.8 Å². The van der Waals surface area contributed by atoms with E-state index >= 15 is 0 Å². The van der Waals surface area contributed by atoms with Crippen LogP contribution in [-0.4, -0.2) is 31.3 Å². The molecule has 1 aromatic rings. The summed E-state index contributed by atoms with van der Waals surface area (Å²) in [5.41, 5.74) is 0.262. The maximum atomic E-state index is 11.9. The smallest absolute Gasteiger partial charge is 0.230 e. The molecule has 0 saturated carbocycles. The summed E-state index contributed by atoms with van der Waals surface area (Å²) in [4.78, 5) is 13.0. The highest BCUT2D eigenvalue weighted by Crippen LogP contribution is 2.26. The van der Waals surface area contributed by atoms with Crippen LogP contribution in [0, 0.1) is 5.41 Å². The largest absolute Gasteiger partial charge is 0.355 e. The zero-order valence-corrected chi connectivity index (χ0v) is 13.5. The molecule has 0 bridgehead atoms. The summed E-state index contributed by atoms with van der Waals surface area (Å²) in [6, 6.07) is 10.0. The number of piperidine rings is 1. The Hall–Kier alpha value is -0.710. The molecule has 1 aliphatic heterocycles. The van der Waals surface area contributed by atoms with Gasteiger partial charge in [-0.1, -0.05) is 25.1 Å². The molecule has 1 heterocycles. The molecule has 2 rings (SSSR count). The molecule has 0 aromatic heterocycles. The highest BCUT2D eigenvalue weighted by atomic mass is 35.5. The number of carbonyl (C=O) groups is 1. The molecular formula is C15H23ClN2OS. The van der Waals surface area contributed by atoms with E-state index < -0.39 is 0 Å². The van der Waals surface area contributed by atoms with Crippen molar-refractivity contribution in [2.75, 3.05) is 25.4 Å². The van der Waals surface area contributed by atoms with Gasteiger partial charge in [-0.3, -0.25) is 4.79 Å². The Morgan fingerprint density at radius 3 is 2.60 bits per heavy atom. The standard InChI is InChI=1S/C15H22N2OS.ClH/c1-15(7-9-16-10-8-15)12-17-14(18)11-19-13-5-3-2-4-6-13;/h2-6,16H,7-12H2,1H3,(H,17,18);1H. The van der Waals surface area contributed by atoms with E-state index in [1.807, 2.05) is 30.3 Å². The minimum absolute atomic E-state index is 0. The summed E-state index contributed by atoms with van der Waals surface area (Å²) < 4.78 is 0. The zero-order chi connectivity index (χ0) is 13.6. The van der Waals surface area contributed by atoms with Gasteiger partial charge >= 0.3 is 0 Å². The van der Waals surface area contributed by atoms with Crippen LogP contribution in [0.15, 0.2) is 35.2 Å². The minimum atomic E-state index is 0. The third kappa shape index (κ3) is 5.73. The molecule has 5 heteroatoms. The van der Waals surface area contributed by atoms with Gasteiger partial charge in [0.15, 0.2) is 0 Å². The third-order valence-corrected chi connectivity index (χ3v) is 4.65. The molecule has 1 aliphatic rings. The summed E-state index contributed by atoms with van der Waals surface area (Å²) in [7, 11) is 0. The molecule has 0 atom stereocenters. The topological polar surface area (TPSA) is 41.1 Å². The first-order chi connectivity index (χ1) is 9.18. The van der Waals surface area contributed by atoms with Crippen LogP contribution in [-0.2, 0) is 4.79 Å². The van der Waals surface area contributed by atoms with Crippen LogP contribution >= 0.6 is 24.2 Å². The zero-order valence-electron chi connectivity index (χ0n) is 11.9. The molecule has 1 amide bonds. The number of benzene rings is 1. The normalized spacial score (nSPS) is 17.1. The van der Waals surface area contributed by atoms with Gasteiger partial charge in [0.05, 0.1) is 5.75 Å². The first-order valence-corrected chi connectivity index (χ1v) is 7.82. The lowest BCUT2D eigenvalue weighted by atomic mass is 9.81. The molecule has 0 spiro atoms. The molecule has 0 aliphatic carbocycles. The van der Waals surface area contributed by atoms with Gasteiger partial charge in [0.1, 0.15) is 0 Å². The second-order valence-electron chi connectivity index (χ2n) is 5.44. The second kappa shape index (κ2) is 8.55. The highest BCUT2D eigenvalue weighted by molar-refractivity contribution is 8.00. The van der Waals surface area contributed by atoms with Crippen LogP contribution in [0.5, 0.6) is 0 Å². The van der Waals surface area contributed by atoms with Gasteiger partial charge in [-0.2, -0.15) is 0 Å². The lowest BCUT2D eigenvalue weighted by molar-refractivity contribution is -0.119. The Morgan fingerprint density at radius 2 is 1.95 bits per heavy atom. The highest BCUT2D eigenvalue weighted by Gasteiger charge is 2.26. The average Bonchev–Trinajstić information content (AvgIpc) is 2.45. The molecule has 20 heavy (non-hydrogen) atoms. The van der Waals surface area contributed by atoms with Crippen molar-refractivity contribution >= 4 is 30.1 Å². The van der Waals surface area contributed by atoms with Crippen molar-refractivity contribution in [2.24, 2.45) is 5.41 Å². The van der Waals surface area contributed by atoms with E-state index in [4.69, 9.17) is 0 Å². The number of rotatable bonds is 5. The summed E-state index contributed by atoms with van der Waals surface area (Å²) in [5.74, 6) is 0.631. The fourth-order valence-electron chi connectivity index (χ4n) is 2.24. The van der Waals surface area contributed by atoms with Crippen LogP contribution in [0.3, 0.4) is 0 Å². The number of amides is 1. The van der Waals surface area contributed by atoms with Crippen molar-refractivity contribution < 1.29 is 4.79 Å². The number of halogens is 1. The average molecular weight is 315 g/mol. The maximum Gasteiger partial charge on any atom is 0.230 e. The maximum absolute atomic E-state index is 11.9. The van der Waals surface area contributed by atoms with Gasteiger partial charge in [0.25, 0.3) is 0 Å². The van der Waals surface area contributed by atoms with Gasteiger partial charge in [0.2, 0.25) is 5.91 Å². The lowest BCUT2D eigenvalue weighted by Crippen LogP contribution is -2.43. The monoisotopic (exact) mass is 314 g/mol. The number of nitrogens with one attached hydrogen (secondary N) is 2. The minimum Gasteiger partial charge on any atom is -0.355 e. The molecule has 3 nitrogen and oxygen atoms in total. The first kappa shape index (κ1) is 17.3. The Morgan fingerprint density at radius 1 is 1.30 bits per heavy atom. The molecule has 112 valence electrons. The fraction of sp³-hybridized carbons (Fsp3) is 0.533. The number of thioether (sulfide) groups is 1. The molecule has 1 fully saturated rings. The number of carbonyl (C=O) groups excluding carboxylic acids is 1. The Balaban J connectivity index is 0.00000200. The fourth-order valence-corrected chi connectivity index (χ4v) is 2.99. The molecule has 2 N–H and O–H groups in total. The van der Waals surface area contributed by atoms with E-state index in [0.717, 1.165) is 37.4 Å². The van der Waals surface area contributed by atoms with Gasteiger partial charge in [-0.15, -0.1) is 24.2 Å². The van der Waals surface area contributed by atoms with Crippen molar-refractivity contribution in [1.82, 2.24) is 10.6 Å². The van der Waals surface area contributed by atoms with Crippen LogP contribution in [0.4, 0.5) is 0 Å². The van der Waals surface area contributed by atoms with Crippen LogP contribution in [0.2, 0.25) is 0 Å². The van der Waals surface area contributed by atoms with Gasteiger partial charge < -0.3 is 10.6 Å². The summed E-state index contributed by atoms with van der Waals surface area (Å²) in [6.07, 6.45) is 2.28. The van der Waals surface area contributed by atoms with E-state index in [1.165, 1.54) is 0 Å². The van der Waals surface area contributed by atoms with Crippen molar-refractivity contribution in [3.05, 3.63) is 30.3 Å². The third-order valence-electron chi connectivity index (χ3n) is 3.64. The lowest BCUT2D eigenvalue weighted by Gasteiger charge is -2.34. The van der Waals surface area contributed by atoms with Gasteiger partial charge in [-0.25, -0.2) is 0 Å². The van der Waals surface area contributed by atoms with Crippen molar-refractivity contribution in [2.45, 2.75) is 24.7 Å². The molecule has 1 aromatic carbocycles.